The number of hydrogen-bond donors (Lipinski definition) is 8. The number of hydrogen-bond acceptors (Lipinski definition) is 8. The Balaban J connectivity index is 5.52. The van der Waals surface area contributed by atoms with Crippen LogP contribution < -0.4 is 33.2 Å². The minimum absolute atomic E-state index is 0.0900. The van der Waals surface area contributed by atoms with Crippen LogP contribution in [0.4, 0.5) is 0 Å². The summed E-state index contributed by atoms with van der Waals surface area (Å²) < 4.78 is 0. The van der Waals surface area contributed by atoms with E-state index in [-0.39, 0.29) is 30.9 Å². The fourth-order valence-corrected chi connectivity index (χ4v) is 3.05. The Morgan fingerprint density at radius 2 is 1.55 bits per heavy atom. The smallest absolute Gasteiger partial charge is 0.326 e. The van der Waals surface area contributed by atoms with E-state index < -0.39 is 53.8 Å². The summed E-state index contributed by atoms with van der Waals surface area (Å²) in [5.41, 5.74) is 16.3. The lowest BCUT2D eigenvalue weighted by molar-refractivity contribution is -0.142. The molecule has 0 aliphatic carbocycles. The van der Waals surface area contributed by atoms with Crippen LogP contribution in [-0.4, -0.2) is 71.2 Å². The summed E-state index contributed by atoms with van der Waals surface area (Å²) in [4.78, 5) is 60.5. The number of rotatable bonds is 17. The summed E-state index contributed by atoms with van der Waals surface area (Å²) in [6, 6.07) is -4.28. The molecule has 0 heterocycles. The van der Waals surface area contributed by atoms with Crippen LogP contribution >= 0.6 is 12.6 Å². The molecule has 0 spiro atoms. The summed E-state index contributed by atoms with van der Waals surface area (Å²) in [6.45, 7) is 3.99. The van der Waals surface area contributed by atoms with E-state index in [2.05, 4.69) is 28.6 Å². The Morgan fingerprint density at radius 3 is 2.03 bits per heavy atom. The molecule has 0 aromatic rings. The highest BCUT2D eigenvalue weighted by Crippen LogP contribution is 2.11. The predicted molar refractivity (Wildman–Crippen MR) is 126 cm³/mol. The van der Waals surface area contributed by atoms with E-state index >= 15 is 0 Å². The molecule has 0 bridgehead atoms. The molecular formula is C20H38N6O6S. The summed E-state index contributed by atoms with van der Waals surface area (Å²) in [7, 11) is 0. The summed E-state index contributed by atoms with van der Waals surface area (Å²) >= 11 is 3.99. The molecule has 12 nitrogen and oxygen atoms in total. The molecule has 4 amide bonds. The van der Waals surface area contributed by atoms with Crippen molar-refractivity contribution in [2.45, 2.75) is 76.5 Å². The third-order valence-corrected chi connectivity index (χ3v) is 5.59. The maximum absolute atomic E-state index is 13.0. The second-order valence-electron chi connectivity index (χ2n) is 7.91. The van der Waals surface area contributed by atoms with E-state index in [0.29, 0.717) is 25.8 Å². The number of amides is 4. The average molecular weight is 491 g/mol. The van der Waals surface area contributed by atoms with Crippen molar-refractivity contribution in [2.75, 3.05) is 12.3 Å². The highest BCUT2D eigenvalue weighted by molar-refractivity contribution is 7.80. The molecular weight excluding hydrogens is 452 g/mol. The zero-order valence-electron chi connectivity index (χ0n) is 19.2. The first kappa shape index (κ1) is 30.6. The van der Waals surface area contributed by atoms with Gasteiger partial charge in [0, 0.05) is 12.2 Å². The lowest BCUT2D eigenvalue weighted by Gasteiger charge is -2.28. The van der Waals surface area contributed by atoms with Crippen molar-refractivity contribution in [1.29, 1.82) is 0 Å². The van der Waals surface area contributed by atoms with Gasteiger partial charge >= 0.3 is 5.97 Å². The van der Waals surface area contributed by atoms with Crippen molar-refractivity contribution in [3.05, 3.63) is 0 Å². The summed E-state index contributed by atoms with van der Waals surface area (Å²) in [5, 5.41) is 16.9. The molecule has 190 valence electrons. The maximum atomic E-state index is 13.0. The Hall–Kier alpha value is -2.38. The zero-order chi connectivity index (χ0) is 25.6. The lowest BCUT2D eigenvalue weighted by Crippen LogP contribution is -2.58. The molecule has 0 fully saturated rings. The number of aliphatic carboxylic acids is 1. The van der Waals surface area contributed by atoms with Gasteiger partial charge in [-0.2, -0.15) is 12.6 Å². The van der Waals surface area contributed by atoms with Crippen molar-refractivity contribution in [3.8, 4) is 0 Å². The number of carbonyl (C=O) groups is 5. The van der Waals surface area contributed by atoms with Crippen LogP contribution in [0.15, 0.2) is 0 Å². The fourth-order valence-electron chi connectivity index (χ4n) is 2.88. The number of carbonyl (C=O) groups excluding carboxylic acids is 4. The molecule has 0 saturated heterocycles. The summed E-state index contributed by atoms with van der Waals surface area (Å²) in [5.74, 6) is -4.08. The molecule has 5 unspecified atom stereocenters. The first-order valence-electron chi connectivity index (χ1n) is 11.0. The van der Waals surface area contributed by atoms with Crippen molar-refractivity contribution < 1.29 is 29.1 Å². The largest absolute Gasteiger partial charge is 0.480 e. The third kappa shape index (κ3) is 11.9. The van der Waals surface area contributed by atoms with Gasteiger partial charge in [0.2, 0.25) is 23.6 Å². The highest BCUT2D eigenvalue weighted by atomic mass is 32.1. The van der Waals surface area contributed by atoms with Crippen LogP contribution in [0.2, 0.25) is 0 Å². The predicted octanol–water partition coefficient (Wildman–Crippen LogP) is -1.78. The number of carboxylic acid groups (broad SMARTS) is 1. The summed E-state index contributed by atoms with van der Waals surface area (Å²) in [6.07, 6.45) is 1.44. The highest BCUT2D eigenvalue weighted by Gasteiger charge is 2.32. The molecule has 0 aliphatic rings. The second-order valence-corrected chi connectivity index (χ2v) is 8.28. The molecule has 33 heavy (non-hydrogen) atoms. The monoisotopic (exact) mass is 490 g/mol. The maximum Gasteiger partial charge on any atom is 0.326 e. The zero-order valence-corrected chi connectivity index (χ0v) is 20.1. The molecule has 0 aliphatic heterocycles. The van der Waals surface area contributed by atoms with E-state index in [4.69, 9.17) is 17.2 Å². The molecule has 10 N–H and O–H groups in total. The number of primary amides is 1. The van der Waals surface area contributed by atoms with E-state index in [0.717, 1.165) is 0 Å². The molecule has 13 heteroatoms. The second kappa shape index (κ2) is 16.3. The Bertz CT molecular complexity index is 679. The van der Waals surface area contributed by atoms with Crippen molar-refractivity contribution in [1.82, 2.24) is 16.0 Å². The van der Waals surface area contributed by atoms with Gasteiger partial charge in [-0.3, -0.25) is 19.2 Å². The van der Waals surface area contributed by atoms with E-state index in [9.17, 15) is 29.1 Å². The van der Waals surface area contributed by atoms with Gasteiger partial charge < -0.3 is 38.3 Å². The normalized spacial score (nSPS) is 15.4. The van der Waals surface area contributed by atoms with Crippen LogP contribution in [-0.2, 0) is 24.0 Å². The number of nitrogens with one attached hydrogen (secondary N) is 3. The van der Waals surface area contributed by atoms with Gasteiger partial charge in [-0.1, -0.05) is 20.3 Å². The van der Waals surface area contributed by atoms with Crippen LogP contribution in [0.25, 0.3) is 0 Å². The lowest BCUT2D eigenvalue weighted by atomic mass is 9.97. The minimum atomic E-state index is -1.35. The van der Waals surface area contributed by atoms with Gasteiger partial charge in [0.05, 0.1) is 6.04 Å². The van der Waals surface area contributed by atoms with E-state index in [1.165, 1.54) is 0 Å². The van der Waals surface area contributed by atoms with Crippen LogP contribution in [0, 0.1) is 5.92 Å². The standard InChI is InChI=1S/C20H38N6O6S/c1-3-11(2)16(26-17(28)12(22)10-33)19(30)24-13(6-4-5-9-21)18(29)25-14(20(31)32)7-8-15(23)27/h11-14,16,33H,3-10,21-22H2,1-2H3,(H2,23,27)(H,24,30)(H,25,29)(H,26,28)(H,31,32). The molecule has 0 radical (unpaired) electrons. The van der Waals surface area contributed by atoms with Gasteiger partial charge in [-0.25, -0.2) is 4.79 Å². The first-order chi connectivity index (χ1) is 15.5. The van der Waals surface area contributed by atoms with Crippen molar-refractivity contribution >= 4 is 42.2 Å². The first-order valence-corrected chi connectivity index (χ1v) is 11.6. The topological polar surface area (TPSA) is 220 Å². The van der Waals surface area contributed by atoms with Crippen LogP contribution in [0.5, 0.6) is 0 Å². The number of carboxylic acids is 1. The van der Waals surface area contributed by atoms with Crippen LogP contribution in [0.1, 0.15) is 52.4 Å². The minimum Gasteiger partial charge on any atom is -0.480 e. The van der Waals surface area contributed by atoms with Gasteiger partial charge in [0.1, 0.15) is 18.1 Å². The Kier molecular flexibility index (Phi) is 15.1. The van der Waals surface area contributed by atoms with Gasteiger partial charge in [-0.15, -0.1) is 0 Å². The quantitative estimate of drug-likeness (QED) is 0.0858. The molecule has 0 aromatic heterocycles. The Morgan fingerprint density at radius 1 is 0.939 bits per heavy atom. The Labute approximate surface area is 199 Å². The van der Waals surface area contributed by atoms with E-state index in [1.54, 1.807) is 6.92 Å². The number of thiol groups is 1. The number of unbranched alkanes of at least 4 members (excludes halogenated alkanes) is 1. The van der Waals surface area contributed by atoms with Gasteiger partial charge in [0.25, 0.3) is 0 Å². The van der Waals surface area contributed by atoms with Gasteiger partial charge in [0.15, 0.2) is 0 Å². The van der Waals surface area contributed by atoms with Crippen molar-refractivity contribution in [2.24, 2.45) is 23.1 Å². The van der Waals surface area contributed by atoms with Crippen molar-refractivity contribution in [3.63, 3.8) is 0 Å². The molecule has 5 atom stereocenters. The molecule has 0 aromatic carbocycles. The van der Waals surface area contributed by atoms with E-state index in [1.807, 2.05) is 6.92 Å². The average Bonchev–Trinajstić information content (AvgIpc) is 2.77. The van der Waals surface area contributed by atoms with Gasteiger partial charge in [-0.05, 0) is 38.1 Å². The fraction of sp³-hybridized carbons (Fsp3) is 0.750. The molecule has 0 saturated carbocycles. The SMILES string of the molecule is CCC(C)C(NC(=O)C(N)CS)C(=O)NC(CCCCN)C(=O)NC(CCC(N)=O)C(=O)O. The van der Waals surface area contributed by atoms with Crippen LogP contribution in [0.3, 0.4) is 0 Å². The molecule has 0 rings (SSSR count). The third-order valence-electron chi connectivity index (χ3n) is 5.20. The number of nitrogens with two attached hydrogens (primary N) is 3.